The monoisotopic (exact) mass is 258 g/mol. The van der Waals surface area contributed by atoms with Crippen molar-refractivity contribution < 1.29 is 9.90 Å². The molecule has 92 valence electrons. The predicted molar refractivity (Wildman–Crippen MR) is 73.3 cm³/mol. The molecule has 0 aliphatic heterocycles. The van der Waals surface area contributed by atoms with Crippen LogP contribution in [-0.4, -0.2) is 11.1 Å². The molecule has 18 heavy (non-hydrogen) atoms. The standard InChI is InChI=1S/C15H14O2S/c16-15(17)14-9-8-13(18-14)12-7-2-1-6-11(12)10-4-3-5-10/h1-2,6-10H,3-5H2,(H,16,17). The fourth-order valence-electron chi connectivity index (χ4n) is 2.39. The second-order valence-corrected chi connectivity index (χ2v) is 5.77. The van der Waals surface area contributed by atoms with E-state index < -0.39 is 5.97 Å². The van der Waals surface area contributed by atoms with Crippen molar-refractivity contribution in [2.45, 2.75) is 25.2 Å². The second-order valence-electron chi connectivity index (χ2n) is 4.68. The van der Waals surface area contributed by atoms with E-state index in [1.54, 1.807) is 6.07 Å². The first-order valence-corrected chi connectivity index (χ1v) is 7.00. The first kappa shape index (κ1) is 11.5. The maximum atomic E-state index is 10.9. The SMILES string of the molecule is O=C(O)c1ccc(-c2ccccc2C2CCC2)s1. The number of benzene rings is 1. The van der Waals surface area contributed by atoms with Gasteiger partial charge in [-0.3, -0.25) is 0 Å². The van der Waals surface area contributed by atoms with Gasteiger partial charge in [0.15, 0.2) is 0 Å². The average Bonchev–Trinajstić information content (AvgIpc) is 2.77. The van der Waals surface area contributed by atoms with Crippen molar-refractivity contribution in [3.63, 3.8) is 0 Å². The average molecular weight is 258 g/mol. The molecular weight excluding hydrogens is 244 g/mol. The molecular formula is C15H14O2S. The van der Waals surface area contributed by atoms with Crippen molar-refractivity contribution in [2.24, 2.45) is 0 Å². The summed E-state index contributed by atoms with van der Waals surface area (Å²) in [7, 11) is 0. The minimum Gasteiger partial charge on any atom is -0.477 e. The molecule has 3 rings (SSSR count). The molecule has 3 heteroatoms. The van der Waals surface area contributed by atoms with Gasteiger partial charge in [0, 0.05) is 4.88 Å². The Morgan fingerprint density at radius 3 is 2.56 bits per heavy atom. The summed E-state index contributed by atoms with van der Waals surface area (Å²) in [6.07, 6.45) is 3.83. The van der Waals surface area contributed by atoms with Gasteiger partial charge >= 0.3 is 5.97 Å². The second kappa shape index (κ2) is 4.58. The molecule has 0 spiro atoms. The molecule has 1 aromatic carbocycles. The van der Waals surface area contributed by atoms with E-state index in [2.05, 4.69) is 18.2 Å². The van der Waals surface area contributed by atoms with Gasteiger partial charge in [0.2, 0.25) is 0 Å². The van der Waals surface area contributed by atoms with Crippen molar-refractivity contribution >= 4 is 17.3 Å². The van der Waals surface area contributed by atoms with Crippen LogP contribution in [0, 0.1) is 0 Å². The number of hydrogen-bond acceptors (Lipinski definition) is 2. The lowest BCUT2D eigenvalue weighted by Gasteiger charge is -2.27. The Kier molecular flexibility index (Phi) is 2.92. The molecule has 0 amide bonds. The fourth-order valence-corrected chi connectivity index (χ4v) is 3.29. The van der Waals surface area contributed by atoms with Gasteiger partial charge in [0.25, 0.3) is 0 Å². The number of aromatic carboxylic acids is 1. The Morgan fingerprint density at radius 1 is 1.17 bits per heavy atom. The molecule has 1 heterocycles. The van der Waals surface area contributed by atoms with Crippen LogP contribution < -0.4 is 0 Å². The van der Waals surface area contributed by atoms with Crippen LogP contribution in [0.5, 0.6) is 0 Å². The third-order valence-electron chi connectivity index (χ3n) is 3.59. The van der Waals surface area contributed by atoms with Gasteiger partial charge in [-0.25, -0.2) is 4.79 Å². The van der Waals surface area contributed by atoms with E-state index in [0.717, 1.165) is 4.88 Å². The highest BCUT2D eigenvalue weighted by molar-refractivity contribution is 7.17. The molecule has 1 saturated carbocycles. The fraction of sp³-hybridized carbons (Fsp3) is 0.267. The van der Waals surface area contributed by atoms with E-state index in [-0.39, 0.29) is 0 Å². The van der Waals surface area contributed by atoms with Gasteiger partial charge in [-0.2, -0.15) is 0 Å². The van der Waals surface area contributed by atoms with E-state index >= 15 is 0 Å². The molecule has 0 saturated heterocycles. The maximum absolute atomic E-state index is 10.9. The van der Waals surface area contributed by atoms with Crippen LogP contribution in [0.3, 0.4) is 0 Å². The summed E-state index contributed by atoms with van der Waals surface area (Å²) in [5.41, 5.74) is 2.59. The highest BCUT2D eigenvalue weighted by Crippen LogP contribution is 2.42. The van der Waals surface area contributed by atoms with Gasteiger partial charge < -0.3 is 5.11 Å². The van der Waals surface area contributed by atoms with E-state index in [9.17, 15) is 4.79 Å². The van der Waals surface area contributed by atoms with E-state index in [4.69, 9.17) is 5.11 Å². The van der Waals surface area contributed by atoms with Crippen molar-refractivity contribution in [1.29, 1.82) is 0 Å². The van der Waals surface area contributed by atoms with E-state index in [1.807, 2.05) is 12.1 Å². The van der Waals surface area contributed by atoms with Crippen LogP contribution in [0.1, 0.15) is 40.4 Å². The molecule has 0 bridgehead atoms. The molecule has 1 aliphatic carbocycles. The van der Waals surface area contributed by atoms with Crippen LogP contribution in [0.4, 0.5) is 0 Å². The zero-order chi connectivity index (χ0) is 12.5. The molecule has 1 aliphatic rings. The lowest BCUT2D eigenvalue weighted by atomic mass is 9.78. The molecule has 2 nitrogen and oxygen atoms in total. The van der Waals surface area contributed by atoms with Crippen LogP contribution in [0.2, 0.25) is 0 Å². The van der Waals surface area contributed by atoms with Gasteiger partial charge in [-0.15, -0.1) is 11.3 Å². The minimum atomic E-state index is -0.840. The van der Waals surface area contributed by atoms with E-state index in [0.29, 0.717) is 10.8 Å². The molecule has 2 aromatic rings. The first-order valence-electron chi connectivity index (χ1n) is 6.18. The summed E-state index contributed by atoms with van der Waals surface area (Å²) in [6.45, 7) is 0. The summed E-state index contributed by atoms with van der Waals surface area (Å²) in [5.74, 6) is -0.177. The molecule has 1 fully saturated rings. The van der Waals surface area contributed by atoms with Crippen LogP contribution in [0.15, 0.2) is 36.4 Å². The van der Waals surface area contributed by atoms with Crippen molar-refractivity contribution in [1.82, 2.24) is 0 Å². The highest BCUT2D eigenvalue weighted by Gasteiger charge is 2.22. The molecule has 1 aromatic heterocycles. The topological polar surface area (TPSA) is 37.3 Å². The molecule has 0 atom stereocenters. The predicted octanol–water partition coefficient (Wildman–Crippen LogP) is 4.38. The Hall–Kier alpha value is -1.61. The summed E-state index contributed by atoms with van der Waals surface area (Å²) >= 11 is 1.36. The maximum Gasteiger partial charge on any atom is 0.345 e. The lowest BCUT2D eigenvalue weighted by Crippen LogP contribution is -2.09. The van der Waals surface area contributed by atoms with Crippen LogP contribution in [0.25, 0.3) is 10.4 Å². The van der Waals surface area contributed by atoms with Gasteiger partial charge in [-0.05, 0) is 42.0 Å². The zero-order valence-electron chi connectivity index (χ0n) is 9.93. The number of carboxylic acid groups (broad SMARTS) is 1. The zero-order valence-corrected chi connectivity index (χ0v) is 10.7. The lowest BCUT2D eigenvalue weighted by molar-refractivity contribution is 0.0702. The van der Waals surface area contributed by atoms with Gasteiger partial charge in [0.05, 0.1) is 0 Å². The van der Waals surface area contributed by atoms with Crippen LogP contribution in [-0.2, 0) is 0 Å². The molecule has 1 N–H and O–H groups in total. The van der Waals surface area contributed by atoms with E-state index in [1.165, 1.54) is 41.7 Å². The van der Waals surface area contributed by atoms with Crippen molar-refractivity contribution in [3.8, 4) is 10.4 Å². The largest absolute Gasteiger partial charge is 0.477 e. The Labute approximate surface area is 110 Å². The Morgan fingerprint density at radius 2 is 1.94 bits per heavy atom. The number of carbonyl (C=O) groups is 1. The number of rotatable bonds is 3. The summed E-state index contributed by atoms with van der Waals surface area (Å²) in [5, 5.41) is 8.99. The summed E-state index contributed by atoms with van der Waals surface area (Å²) < 4.78 is 0. The molecule has 0 unspecified atom stereocenters. The molecule has 0 radical (unpaired) electrons. The quantitative estimate of drug-likeness (QED) is 0.887. The number of carboxylic acids is 1. The normalized spacial score (nSPS) is 15.3. The number of thiophene rings is 1. The third-order valence-corrected chi connectivity index (χ3v) is 4.69. The van der Waals surface area contributed by atoms with Crippen LogP contribution >= 0.6 is 11.3 Å². The summed E-state index contributed by atoms with van der Waals surface area (Å²) in [4.78, 5) is 12.4. The minimum absolute atomic E-state index is 0.411. The number of hydrogen-bond donors (Lipinski definition) is 1. The first-order chi connectivity index (χ1) is 8.75. The Bertz CT molecular complexity index is 582. The van der Waals surface area contributed by atoms with Gasteiger partial charge in [-0.1, -0.05) is 30.7 Å². The highest BCUT2D eigenvalue weighted by atomic mass is 32.1. The summed E-state index contributed by atoms with van der Waals surface area (Å²) in [6, 6.07) is 12.0. The third kappa shape index (κ3) is 1.95. The van der Waals surface area contributed by atoms with Gasteiger partial charge in [0.1, 0.15) is 4.88 Å². The smallest absolute Gasteiger partial charge is 0.345 e. The van der Waals surface area contributed by atoms with Crippen molar-refractivity contribution in [2.75, 3.05) is 0 Å². The van der Waals surface area contributed by atoms with Crippen molar-refractivity contribution in [3.05, 3.63) is 46.8 Å². The Balaban J connectivity index is 2.02.